The first-order valence-electron chi connectivity index (χ1n) is 5.08. The molecule has 0 heterocycles. The Balaban J connectivity index is 2.99. The van der Waals surface area contributed by atoms with Crippen LogP contribution in [0.5, 0.6) is 5.75 Å². The molecule has 0 bridgehead atoms. The van der Waals surface area contributed by atoms with Crippen LogP contribution in [0.15, 0.2) is 29.2 Å². The number of nitrogens with zero attached hydrogens (tertiary/aromatic N) is 2. The van der Waals surface area contributed by atoms with Gasteiger partial charge in [0.15, 0.2) is 0 Å². The Morgan fingerprint density at radius 1 is 1.25 bits per heavy atom. The van der Waals surface area contributed by atoms with Gasteiger partial charge in [0.25, 0.3) is 0 Å². The van der Waals surface area contributed by atoms with Gasteiger partial charge in [-0.1, -0.05) is 12.1 Å². The van der Waals surface area contributed by atoms with Crippen molar-refractivity contribution in [3.8, 4) is 5.75 Å². The van der Waals surface area contributed by atoms with Gasteiger partial charge in [0.1, 0.15) is 5.75 Å². The minimum absolute atomic E-state index is 0.911. The average molecular weight is 239 g/mol. The molecule has 88 valence electrons. The summed E-state index contributed by atoms with van der Waals surface area (Å²) in [5.41, 5.74) is 0. The molecular weight excluding hydrogens is 220 g/mol. The molecule has 0 aliphatic carbocycles. The van der Waals surface area contributed by atoms with E-state index in [0.29, 0.717) is 0 Å². The summed E-state index contributed by atoms with van der Waals surface area (Å²) >= 11 is 1.70. The number of hydrogen-bond acceptors (Lipinski definition) is 2. The number of hydrogen-bond donors (Lipinski definition) is 0. The average Bonchev–Trinajstić information content (AvgIpc) is 2.25. The van der Waals surface area contributed by atoms with Gasteiger partial charge in [0.2, 0.25) is 0 Å². The van der Waals surface area contributed by atoms with E-state index in [1.54, 1.807) is 18.9 Å². The molecule has 1 aromatic rings. The standard InChI is InChI=1S/C12H19N2OS/c1-13(2)12(14(3)4)16-11-9-7-6-8-10(11)15-5/h6-9H,1-5H3/q+1. The molecule has 4 heteroatoms. The van der Waals surface area contributed by atoms with Crippen LogP contribution >= 0.6 is 11.8 Å². The molecule has 1 aromatic carbocycles. The maximum absolute atomic E-state index is 5.33. The summed E-state index contributed by atoms with van der Waals surface area (Å²) in [6.07, 6.45) is 0. The van der Waals surface area contributed by atoms with Gasteiger partial charge >= 0.3 is 5.17 Å². The number of ether oxygens (including phenoxy) is 1. The topological polar surface area (TPSA) is 15.5 Å². The molecule has 0 saturated heterocycles. The van der Waals surface area contributed by atoms with Gasteiger partial charge in [0, 0.05) is 11.8 Å². The molecule has 0 atom stereocenters. The second-order valence-electron chi connectivity index (χ2n) is 3.82. The highest BCUT2D eigenvalue weighted by molar-refractivity contribution is 8.13. The Morgan fingerprint density at radius 3 is 2.38 bits per heavy atom. The van der Waals surface area contributed by atoms with E-state index in [0.717, 1.165) is 10.6 Å². The van der Waals surface area contributed by atoms with Crippen molar-refractivity contribution in [1.82, 2.24) is 4.90 Å². The monoisotopic (exact) mass is 239 g/mol. The third-order valence-corrected chi connectivity index (χ3v) is 3.51. The first-order valence-corrected chi connectivity index (χ1v) is 5.90. The van der Waals surface area contributed by atoms with Crippen LogP contribution in [0.25, 0.3) is 0 Å². The maximum atomic E-state index is 5.33. The van der Waals surface area contributed by atoms with Gasteiger partial charge in [-0.05, 0) is 12.1 Å². The molecule has 0 spiro atoms. The Bertz CT molecular complexity index is 384. The van der Waals surface area contributed by atoms with Gasteiger partial charge in [-0.25, -0.2) is 0 Å². The summed E-state index contributed by atoms with van der Waals surface area (Å²) < 4.78 is 7.43. The lowest BCUT2D eigenvalue weighted by molar-refractivity contribution is -0.466. The number of amidine groups is 1. The molecule has 0 radical (unpaired) electrons. The van der Waals surface area contributed by atoms with Crippen molar-refractivity contribution in [2.24, 2.45) is 0 Å². The smallest absolute Gasteiger partial charge is 0.312 e. The van der Waals surface area contributed by atoms with E-state index in [4.69, 9.17) is 4.74 Å². The number of para-hydroxylation sites is 1. The lowest BCUT2D eigenvalue weighted by Gasteiger charge is -2.12. The van der Waals surface area contributed by atoms with Crippen LogP contribution in [0.2, 0.25) is 0 Å². The second-order valence-corrected chi connectivity index (χ2v) is 4.83. The van der Waals surface area contributed by atoms with Crippen molar-refractivity contribution < 1.29 is 9.31 Å². The molecule has 3 nitrogen and oxygen atoms in total. The Hall–Kier alpha value is -1.16. The van der Waals surface area contributed by atoms with Crippen LogP contribution in [0, 0.1) is 0 Å². The van der Waals surface area contributed by atoms with E-state index in [9.17, 15) is 0 Å². The van der Waals surface area contributed by atoms with Crippen LogP contribution in [0.1, 0.15) is 0 Å². The zero-order valence-corrected chi connectivity index (χ0v) is 11.3. The molecule has 0 aliphatic rings. The molecule has 16 heavy (non-hydrogen) atoms. The van der Waals surface area contributed by atoms with Crippen LogP contribution in [-0.2, 0) is 0 Å². The minimum Gasteiger partial charge on any atom is -0.496 e. The molecular formula is C12H19N2OS+. The Morgan fingerprint density at radius 2 is 1.88 bits per heavy atom. The van der Waals surface area contributed by atoms with Crippen molar-refractivity contribution in [2.45, 2.75) is 4.90 Å². The van der Waals surface area contributed by atoms with E-state index in [1.165, 1.54) is 5.17 Å². The fraction of sp³-hybridized carbons (Fsp3) is 0.417. The molecule has 0 aliphatic heterocycles. The predicted octanol–water partition coefficient (Wildman–Crippen LogP) is 1.98. The summed E-state index contributed by atoms with van der Waals surface area (Å²) in [5.74, 6) is 0.911. The molecule has 0 N–H and O–H groups in total. The first-order chi connectivity index (χ1) is 7.56. The minimum atomic E-state index is 0.911. The summed E-state index contributed by atoms with van der Waals surface area (Å²) in [6, 6.07) is 8.05. The summed E-state index contributed by atoms with van der Waals surface area (Å²) in [4.78, 5) is 3.22. The molecule has 0 aromatic heterocycles. The largest absolute Gasteiger partial charge is 0.496 e. The fourth-order valence-corrected chi connectivity index (χ4v) is 2.34. The highest BCUT2D eigenvalue weighted by Gasteiger charge is 2.16. The maximum Gasteiger partial charge on any atom is 0.312 e. The number of methoxy groups -OCH3 is 1. The Kier molecular flexibility index (Phi) is 4.68. The van der Waals surface area contributed by atoms with E-state index < -0.39 is 0 Å². The van der Waals surface area contributed by atoms with Crippen LogP contribution in [0.4, 0.5) is 0 Å². The van der Waals surface area contributed by atoms with Gasteiger partial charge in [-0.15, -0.1) is 0 Å². The zero-order valence-electron chi connectivity index (χ0n) is 10.5. The summed E-state index contributed by atoms with van der Waals surface area (Å²) in [5, 5.41) is 1.17. The number of thioether (sulfide) groups is 1. The van der Waals surface area contributed by atoms with E-state index >= 15 is 0 Å². The summed E-state index contributed by atoms with van der Waals surface area (Å²) in [6.45, 7) is 0. The third kappa shape index (κ3) is 3.17. The van der Waals surface area contributed by atoms with Crippen LogP contribution in [-0.4, -0.2) is 49.9 Å². The molecule has 1 rings (SSSR count). The number of benzene rings is 1. The molecule has 0 saturated carbocycles. The highest BCUT2D eigenvalue weighted by Crippen LogP contribution is 2.29. The van der Waals surface area contributed by atoms with E-state index in [-0.39, 0.29) is 0 Å². The van der Waals surface area contributed by atoms with Crippen molar-refractivity contribution in [3.05, 3.63) is 24.3 Å². The molecule has 0 amide bonds. The first kappa shape index (κ1) is 12.9. The van der Waals surface area contributed by atoms with Crippen molar-refractivity contribution in [3.63, 3.8) is 0 Å². The molecule has 0 unspecified atom stereocenters. The van der Waals surface area contributed by atoms with E-state index in [1.807, 2.05) is 46.4 Å². The Labute approximate surface area is 102 Å². The predicted molar refractivity (Wildman–Crippen MR) is 69.7 cm³/mol. The lowest BCUT2D eigenvalue weighted by atomic mass is 10.3. The van der Waals surface area contributed by atoms with Crippen LogP contribution in [0.3, 0.4) is 0 Å². The van der Waals surface area contributed by atoms with Gasteiger partial charge < -0.3 is 4.74 Å². The fourth-order valence-electron chi connectivity index (χ4n) is 1.38. The van der Waals surface area contributed by atoms with Crippen molar-refractivity contribution >= 4 is 16.9 Å². The van der Waals surface area contributed by atoms with Gasteiger partial charge in [-0.2, -0.15) is 0 Å². The summed E-state index contributed by atoms with van der Waals surface area (Å²) in [7, 11) is 9.86. The van der Waals surface area contributed by atoms with Gasteiger partial charge in [-0.3, -0.25) is 9.48 Å². The third-order valence-electron chi connectivity index (χ3n) is 2.04. The van der Waals surface area contributed by atoms with E-state index in [2.05, 4.69) is 15.5 Å². The lowest BCUT2D eigenvalue weighted by Crippen LogP contribution is -2.26. The highest BCUT2D eigenvalue weighted by atomic mass is 32.2. The SMILES string of the molecule is COc1ccccc1SC(N(C)C)=[N+](C)C. The quantitative estimate of drug-likeness (QED) is 0.340. The zero-order chi connectivity index (χ0) is 12.1. The molecule has 0 fully saturated rings. The van der Waals surface area contributed by atoms with Gasteiger partial charge in [0.05, 0.1) is 40.2 Å². The van der Waals surface area contributed by atoms with Crippen molar-refractivity contribution in [2.75, 3.05) is 35.3 Å². The number of rotatable bonds is 2. The van der Waals surface area contributed by atoms with Crippen LogP contribution < -0.4 is 4.74 Å². The normalized spacial score (nSPS) is 9.81. The second kappa shape index (κ2) is 5.80. The van der Waals surface area contributed by atoms with Crippen molar-refractivity contribution in [1.29, 1.82) is 0 Å².